The van der Waals surface area contributed by atoms with Gasteiger partial charge in [0, 0.05) is 12.6 Å². The van der Waals surface area contributed by atoms with Crippen molar-refractivity contribution in [3.05, 3.63) is 23.3 Å². The van der Waals surface area contributed by atoms with Crippen LogP contribution in [-0.2, 0) is 0 Å². The van der Waals surface area contributed by atoms with Gasteiger partial charge in [-0.25, -0.2) is 0 Å². The second kappa shape index (κ2) is 6.45. The lowest BCUT2D eigenvalue weighted by Crippen LogP contribution is -2.40. The van der Waals surface area contributed by atoms with E-state index in [1.807, 2.05) is 19.9 Å². The molecule has 0 saturated carbocycles. The quantitative estimate of drug-likeness (QED) is 0.892. The van der Waals surface area contributed by atoms with Crippen molar-refractivity contribution in [1.29, 1.82) is 0 Å². The maximum absolute atomic E-state index is 10.1. The predicted octanol–water partition coefficient (Wildman–Crippen LogP) is 1.76. The van der Waals surface area contributed by atoms with Crippen LogP contribution in [0.5, 0.6) is 5.75 Å². The predicted molar refractivity (Wildman–Crippen MR) is 88.3 cm³/mol. The molecule has 0 bridgehead atoms. The number of likely N-dealkylation sites (N-methyl/N-ethyl adjacent to an activating group) is 1. The molecule has 0 aliphatic carbocycles. The summed E-state index contributed by atoms with van der Waals surface area (Å²) in [7, 11) is 2.11. The summed E-state index contributed by atoms with van der Waals surface area (Å²) in [6, 6.07) is 3.98. The van der Waals surface area contributed by atoms with E-state index in [0.717, 1.165) is 37.1 Å². The fraction of sp³-hybridized carbons (Fsp3) is 0.500. The van der Waals surface area contributed by atoms with Crippen LogP contribution < -0.4 is 5.32 Å². The molecule has 3 rings (SSSR count). The summed E-state index contributed by atoms with van der Waals surface area (Å²) >= 11 is 0. The van der Waals surface area contributed by atoms with E-state index in [0.29, 0.717) is 23.4 Å². The number of phenols is 1. The zero-order valence-electron chi connectivity index (χ0n) is 13.7. The number of rotatable bonds is 3. The van der Waals surface area contributed by atoms with E-state index in [1.165, 1.54) is 0 Å². The number of aromatic hydroxyl groups is 1. The van der Waals surface area contributed by atoms with Crippen molar-refractivity contribution in [2.75, 3.05) is 25.5 Å². The van der Waals surface area contributed by atoms with Crippen LogP contribution in [0.25, 0.3) is 11.4 Å². The van der Waals surface area contributed by atoms with Gasteiger partial charge in [0.15, 0.2) is 0 Å². The van der Waals surface area contributed by atoms with Crippen molar-refractivity contribution in [2.24, 2.45) is 0 Å². The third-order valence-corrected chi connectivity index (χ3v) is 4.12. The average Bonchev–Trinajstić information content (AvgIpc) is 2.48. The number of aryl methyl sites for hydroxylation is 2. The van der Waals surface area contributed by atoms with E-state index in [2.05, 4.69) is 37.7 Å². The number of likely N-dealkylation sites (tertiary alicyclic amines) is 1. The average molecular weight is 314 g/mol. The van der Waals surface area contributed by atoms with E-state index in [9.17, 15) is 5.11 Å². The summed E-state index contributed by atoms with van der Waals surface area (Å²) in [5, 5.41) is 29.9. The van der Waals surface area contributed by atoms with Gasteiger partial charge in [0.25, 0.3) is 5.95 Å². The fourth-order valence-electron chi connectivity index (χ4n) is 3.09. The van der Waals surface area contributed by atoms with Gasteiger partial charge in [-0.05, 0) is 57.5 Å². The number of phenolic OH excluding ortho intramolecular Hbond substituents is 1. The van der Waals surface area contributed by atoms with Crippen molar-refractivity contribution < 1.29 is 5.11 Å². The summed E-state index contributed by atoms with van der Waals surface area (Å²) in [5.41, 5.74) is 2.48. The molecular formula is C16H22N6O. The molecule has 1 aliphatic rings. The Morgan fingerprint density at radius 3 is 2.57 bits per heavy atom. The summed E-state index contributed by atoms with van der Waals surface area (Å²) in [6.07, 6.45) is 2.25. The number of anilines is 1. The minimum atomic E-state index is 0.153. The van der Waals surface area contributed by atoms with E-state index in [4.69, 9.17) is 0 Å². The van der Waals surface area contributed by atoms with Crippen LogP contribution in [0.15, 0.2) is 12.1 Å². The first-order valence-corrected chi connectivity index (χ1v) is 7.86. The molecule has 2 heterocycles. The highest BCUT2D eigenvalue weighted by atomic mass is 16.3. The number of nitrogens with one attached hydrogen (secondary N) is 1. The highest BCUT2D eigenvalue weighted by Gasteiger charge is 2.19. The fourth-order valence-corrected chi connectivity index (χ4v) is 3.09. The Morgan fingerprint density at radius 2 is 1.91 bits per heavy atom. The molecule has 1 aromatic carbocycles. The Morgan fingerprint density at radius 1 is 1.17 bits per heavy atom. The van der Waals surface area contributed by atoms with Gasteiger partial charge in [-0.1, -0.05) is 6.07 Å². The van der Waals surface area contributed by atoms with E-state index in [1.54, 1.807) is 6.07 Å². The van der Waals surface area contributed by atoms with Crippen LogP contribution in [0, 0.1) is 13.8 Å². The maximum atomic E-state index is 10.1. The Kier molecular flexibility index (Phi) is 4.38. The Hall–Kier alpha value is -2.28. The third-order valence-electron chi connectivity index (χ3n) is 4.12. The summed E-state index contributed by atoms with van der Waals surface area (Å²) in [5.74, 6) is 0.922. The van der Waals surface area contributed by atoms with Gasteiger partial charge >= 0.3 is 0 Å². The summed E-state index contributed by atoms with van der Waals surface area (Å²) in [6.45, 7) is 5.93. The van der Waals surface area contributed by atoms with Gasteiger partial charge in [-0.3, -0.25) is 0 Å². The third kappa shape index (κ3) is 3.56. The lowest BCUT2D eigenvalue weighted by atomic mass is 10.0. The van der Waals surface area contributed by atoms with Crippen molar-refractivity contribution in [2.45, 2.75) is 32.7 Å². The van der Waals surface area contributed by atoms with E-state index in [-0.39, 0.29) is 5.75 Å². The molecule has 1 saturated heterocycles. The van der Waals surface area contributed by atoms with Crippen LogP contribution in [0.3, 0.4) is 0 Å². The van der Waals surface area contributed by atoms with Gasteiger partial charge in [0.1, 0.15) is 5.75 Å². The van der Waals surface area contributed by atoms with Crippen LogP contribution in [0.1, 0.15) is 24.0 Å². The molecule has 1 aliphatic heterocycles. The normalized spacial score (nSPS) is 18.8. The van der Waals surface area contributed by atoms with Crippen LogP contribution in [-0.4, -0.2) is 56.6 Å². The number of benzene rings is 1. The summed E-state index contributed by atoms with van der Waals surface area (Å²) < 4.78 is 0. The van der Waals surface area contributed by atoms with E-state index < -0.39 is 0 Å². The van der Waals surface area contributed by atoms with Gasteiger partial charge in [-0.15, -0.1) is 20.4 Å². The Bertz CT molecular complexity index is 664. The first kappa shape index (κ1) is 15.6. The molecule has 0 unspecified atom stereocenters. The largest absolute Gasteiger partial charge is 0.507 e. The first-order valence-electron chi connectivity index (χ1n) is 7.86. The summed E-state index contributed by atoms with van der Waals surface area (Å²) in [4.78, 5) is 2.28. The molecule has 1 fully saturated rings. The number of nitrogens with zero attached hydrogens (tertiary/aromatic N) is 5. The molecule has 7 heteroatoms. The standard InChI is InChI=1S/C16H22N6O/c1-10-7-11(2)14(13(23)8-10)15-18-20-16(21-19-15)17-12-5-4-6-22(3)9-12/h7-8,12,23H,4-6,9H2,1-3H3,(H,17,20,21)/t12-/m1/s1. The molecule has 122 valence electrons. The molecule has 0 amide bonds. The minimum absolute atomic E-state index is 0.153. The number of piperidine rings is 1. The van der Waals surface area contributed by atoms with Gasteiger partial charge in [-0.2, -0.15) is 0 Å². The number of aromatic nitrogens is 4. The van der Waals surface area contributed by atoms with Gasteiger partial charge in [0.2, 0.25) is 5.82 Å². The monoisotopic (exact) mass is 314 g/mol. The van der Waals surface area contributed by atoms with Crippen LogP contribution in [0.2, 0.25) is 0 Å². The van der Waals surface area contributed by atoms with Crippen molar-refractivity contribution in [3.8, 4) is 17.1 Å². The topological polar surface area (TPSA) is 87.1 Å². The van der Waals surface area contributed by atoms with Crippen molar-refractivity contribution >= 4 is 5.95 Å². The smallest absolute Gasteiger partial charge is 0.262 e. The first-order chi connectivity index (χ1) is 11.0. The molecule has 2 N–H and O–H groups in total. The second-order valence-corrected chi connectivity index (χ2v) is 6.27. The van der Waals surface area contributed by atoms with E-state index >= 15 is 0 Å². The minimum Gasteiger partial charge on any atom is -0.507 e. The van der Waals surface area contributed by atoms with Crippen molar-refractivity contribution in [1.82, 2.24) is 25.3 Å². The molecule has 1 atom stereocenters. The second-order valence-electron chi connectivity index (χ2n) is 6.27. The zero-order valence-corrected chi connectivity index (χ0v) is 13.7. The highest BCUT2D eigenvalue weighted by molar-refractivity contribution is 5.68. The molecular weight excluding hydrogens is 292 g/mol. The van der Waals surface area contributed by atoms with Crippen LogP contribution >= 0.6 is 0 Å². The van der Waals surface area contributed by atoms with Gasteiger partial charge < -0.3 is 15.3 Å². The number of hydrogen-bond donors (Lipinski definition) is 2. The lowest BCUT2D eigenvalue weighted by Gasteiger charge is -2.29. The molecule has 7 nitrogen and oxygen atoms in total. The van der Waals surface area contributed by atoms with Gasteiger partial charge in [0.05, 0.1) is 5.56 Å². The molecule has 23 heavy (non-hydrogen) atoms. The van der Waals surface area contributed by atoms with Crippen molar-refractivity contribution in [3.63, 3.8) is 0 Å². The molecule has 0 spiro atoms. The Labute approximate surface area is 135 Å². The Balaban J connectivity index is 1.77. The zero-order chi connectivity index (χ0) is 16.4. The molecule has 1 aromatic heterocycles. The maximum Gasteiger partial charge on any atom is 0.262 e. The number of hydrogen-bond acceptors (Lipinski definition) is 7. The lowest BCUT2D eigenvalue weighted by molar-refractivity contribution is 0.260. The van der Waals surface area contributed by atoms with Crippen LogP contribution in [0.4, 0.5) is 5.95 Å². The SMILES string of the molecule is Cc1cc(C)c(-c2nnc(N[C@@H]3CCCN(C)C3)nn2)c(O)c1. The highest BCUT2D eigenvalue weighted by Crippen LogP contribution is 2.30. The molecule has 2 aromatic rings. The molecule has 0 radical (unpaired) electrons.